The van der Waals surface area contributed by atoms with Crippen molar-refractivity contribution in [1.29, 1.82) is 0 Å². The Bertz CT molecular complexity index is 759. The second-order valence-electron chi connectivity index (χ2n) is 5.99. The SMILES string of the molecule is CC1CC(CN)CN1C(=O)c1csc(-c2ccc([N+](=O)[O-])cc2)n1. The van der Waals surface area contributed by atoms with Crippen LogP contribution in [0.1, 0.15) is 23.8 Å². The molecule has 0 bridgehead atoms. The van der Waals surface area contributed by atoms with E-state index < -0.39 is 4.92 Å². The Labute approximate surface area is 143 Å². The van der Waals surface area contributed by atoms with Gasteiger partial charge in [0.15, 0.2) is 0 Å². The third-order valence-corrected chi connectivity index (χ3v) is 5.20. The summed E-state index contributed by atoms with van der Waals surface area (Å²) < 4.78 is 0. The summed E-state index contributed by atoms with van der Waals surface area (Å²) in [6, 6.07) is 6.33. The van der Waals surface area contributed by atoms with E-state index in [1.54, 1.807) is 17.5 Å². The number of nitrogens with zero attached hydrogens (tertiary/aromatic N) is 3. The number of hydrogen-bond donors (Lipinski definition) is 1. The van der Waals surface area contributed by atoms with Crippen molar-refractivity contribution in [3.63, 3.8) is 0 Å². The van der Waals surface area contributed by atoms with Crippen LogP contribution in [0.2, 0.25) is 0 Å². The highest BCUT2D eigenvalue weighted by molar-refractivity contribution is 7.13. The fraction of sp³-hybridized carbons (Fsp3) is 0.375. The summed E-state index contributed by atoms with van der Waals surface area (Å²) in [5.74, 6) is 0.264. The Balaban J connectivity index is 1.78. The molecule has 1 amide bonds. The van der Waals surface area contributed by atoms with E-state index in [0.717, 1.165) is 12.0 Å². The highest BCUT2D eigenvalue weighted by Gasteiger charge is 2.33. The smallest absolute Gasteiger partial charge is 0.273 e. The molecular formula is C16H18N4O3S. The van der Waals surface area contributed by atoms with Crippen molar-refractivity contribution >= 4 is 22.9 Å². The number of non-ortho nitro benzene ring substituents is 1. The number of thiazole rings is 1. The maximum atomic E-state index is 12.6. The molecule has 2 aromatic rings. The van der Waals surface area contributed by atoms with Crippen LogP contribution in [0.3, 0.4) is 0 Å². The van der Waals surface area contributed by atoms with E-state index in [4.69, 9.17) is 5.73 Å². The summed E-state index contributed by atoms with van der Waals surface area (Å²) in [6.45, 7) is 3.28. The second-order valence-corrected chi connectivity index (χ2v) is 6.84. The van der Waals surface area contributed by atoms with E-state index >= 15 is 0 Å². The Morgan fingerprint density at radius 3 is 2.75 bits per heavy atom. The first-order chi connectivity index (χ1) is 11.5. The highest BCUT2D eigenvalue weighted by atomic mass is 32.1. The van der Waals surface area contributed by atoms with Crippen LogP contribution in [0.15, 0.2) is 29.6 Å². The third kappa shape index (κ3) is 3.15. The number of likely N-dealkylation sites (tertiary alicyclic amines) is 1. The van der Waals surface area contributed by atoms with Gasteiger partial charge in [0.1, 0.15) is 10.7 Å². The minimum Gasteiger partial charge on any atom is -0.334 e. The lowest BCUT2D eigenvalue weighted by molar-refractivity contribution is -0.384. The number of nitro benzene ring substituents is 1. The van der Waals surface area contributed by atoms with E-state index in [1.807, 2.05) is 11.8 Å². The van der Waals surface area contributed by atoms with Crippen LogP contribution >= 0.6 is 11.3 Å². The lowest BCUT2D eigenvalue weighted by atomic mass is 10.1. The largest absolute Gasteiger partial charge is 0.334 e. The summed E-state index contributed by atoms with van der Waals surface area (Å²) in [5.41, 5.74) is 6.92. The van der Waals surface area contributed by atoms with E-state index in [9.17, 15) is 14.9 Å². The van der Waals surface area contributed by atoms with Crippen molar-refractivity contribution in [2.45, 2.75) is 19.4 Å². The van der Waals surface area contributed by atoms with E-state index in [0.29, 0.717) is 29.7 Å². The second kappa shape index (κ2) is 6.66. The van der Waals surface area contributed by atoms with Gasteiger partial charge in [-0.3, -0.25) is 14.9 Å². The molecule has 126 valence electrons. The fourth-order valence-electron chi connectivity index (χ4n) is 2.97. The molecule has 2 atom stereocenters. The van der Waals surface area contributed by atoms with E-state index in [1.165, 1.54) is 23.5 Å². The van der Waals surface area contributed by atoms with Crippen LogP contribution in [-0.2, 0) is 0 Å². The first kappa shape index (κ1) is 16.5. The summed E-state index contributed by atoms with van der Waals surface area (Å²) in [5, 5.41) is 13.1. The molecule has 0 aliphatic carbocycles. The molecule has 1 fully saturated rings. The molecule has 1 saturated heterocycles. The number of nitrogens with two attached hydrogens (primary N) is 1. The minimum atomic E-state index is -0.441. The van der Waals surface area contributed by atoms with Crippen molar-refractivity contribution in [2.75, 3.05) is 13.1 Å². The molecule has 0 radical (unpaired) electrons. The van der Waals surface area contributed by atoms with Gasteiger partial charge in [0, 0.05) is 35.7 Å². The summed E-state index contributed by atoms with van der Waals surface area (Å²) in [6.07, 6.45) is 0.918. The Morgan fingerprint density at radius 2 is 2.17 bits per heavy atom. The van der Waals surface area contributed by atoms with Gasteiger partial charge in [-0.25, -0.2) is 4.98 Å². The van der Waals surface area contributed by atoms with E-state index in [2.05, 4.69) is 4.98 Å². The summed E-state index contributed by atoms with van der Waals surface area (Å²) in [4.78, 5) is 29.1. The van der Waals surface area contributed by atoms with Gasteiger partial charge >= 0.3 is 0 Å². The van der Waals surface area contributed by atoms with Gasteiger partial charge < -0.3 is 10.6 Å². The van der Waals surface area contributed by atoms with Crippen LogP contribution in [0.4, 0.5) is 5.69 Å². The van der Waals surface area contributed by atoms with Crippen molar-refractivity contribution in [2.24, 2.45) is 11.7 Å². The molecule has 1 aromatic carbocycles. The predicted octanol–water partition coefficient (Wildman–Crippen LogP) is 2.53. The zero-order valence-electron chi connectivity index (χ0n) is 13.2. The topological polar surface area (TPSA) is 102 Å². The normalized spacial score (nSPS) is 20.3. The molecule has 1 aliphatic heterocycles. The number of hydrogen-bond acceptors (Lipinski definition) is 6. The van der Waals surface area contributed by atoms with Gasteiger partial charge in [0.2, 0.25) is 0 Å². The molecule has 0 saturated carbocycles. The Kier molecular flexibility index (Phi) is 4.59. The van der Waals surface area contributed by atoms with Gasteiger partial charge in [-0.15, -0.1) is 11.3 Å². The number of carbonyl (C=O) groups excluding carboxylic acids is 1. The number of aromatic nitrogens is 1. The quantitative estimate of drug-likeness (QED) is 0.677. The number of rotatable bonds is 4. The standard InChI is InChI=1S/C16H18N4O3S/c1-10-6-11(7-17)8-19(10)16(21)14-9-24-15(18-14)12-2-4-13(5-3-12)20(22)23/h2-5,9-11H,6-8,17H2,1H3. The fourth-order valence-corrected chi connectivity index (χ4v) is 3.77. The van der Waals surface area contributed by atoms with Crippen molar-refractivity contribution in [3.05, 3.63) is 45.5 Å². The first-order valence-corrected chi connectivity index (χ1v) is 8.59. The molecule has 24 heavy (non-hydrogen) atoms. The van der Waals surface area contributed by atoms with E-state index in [-0.39, 0.29) is 17.6 Å². The zero-order chi connectivity index (χ0) is 17.3. The van der Waals surface area contributed by atoms with Gasteiger partial charge in [-0.05, 0) is 37.9 Å². The molecular weight excluding hydrogens is 328 g/mol. The minimum absolute atomic E-state index is 0.0327. The van der Waals surface area contributed by atoms with Crippen LogP contribution in [0.5, 0.6) is 0 Å². The number of amides is 1. The van der Waals surface area contributed by atoms with Crippen molar-refractivity contribution in [1.82, 2.24) is 9.88 Å². The molecule has 3 rings (SSSR count). The van der Waals surface area contributed by atoms with Crippen molar-refractivity contribution in [3.8, 4) is 10.6 Å². The lowest BCUT2D eigenvalue weighted by Crippen LogP contribution is -2.34. The van der Waals surface area contributed by atoms with Crippen LogP contribution < -0.4 is 5.73 Å². The third-order valence-electron chi connectivity index (χ3n) is 4.30. The molecule has 2 heterocycles. The zero-order valence-corrected chi connectivity index (χ0v) is 14.0. The number of carbonyl (C=O) groups is 1. The number of benzene rings is 1. The van der Waals surface area contributed by atoms with Crippen LogP contribution in [0, 0.1) is 16.0 Å². The summed E-state index contributed by atoms with van der Waals surface area (Å²) >= 11 is 1.36. The molecule has 7 nitrogen and oxygen atoms in total. The first-order valence-electron chi connectivity index (χ1n) is 7.71. The molecule has 0 spiro atoms. The monoisotopic (exact) mass is 346 g/mol. The van der Waals surface area contributed by atoms with Crippen LogP contribution in [-0.4, -0.2) is 39.8 Å². The lowest BCUT2D eigenvalue weighted by Gasteiger charge is -2.20. The van der Waals surface area contributed by atoms with Gasteiger partial charge in [-0.2, -0.15) is 0 Å². The summed E-state index contributed by atoms with van der Waals surface area (Å²) in [7, 11) is 0. The maximum Gasteiger partial charge on any atom is 0.273 e. The van der Waals surface area contributed by atoms with Crippen LogP contribution in [0.25, 0.3) is 10.6 Å². The highest BCUT2D eigenvalue weighted by Crippen LogP contribution is 2.28. The molecule has 8 heteroatoms. The molecule has 2 unspecified atom stereocenters. The Hall–Kier alpha value is -2.32. The van der Waals surface area contributed by atoms with Crippen molar-refractivity contribution < 1.29 is 9.72 Å². The molecule has 1 aliphatic rings. The molecule has 2 N–H and O–H groups in total. The average molecular weight is 346 g/mol. The number of nitro groups is 1. The van der Waals surface area contributed by atoms with Gasteiger partial charge in [-0.1, -0.05) is 0 Å². The average Bonchev–Trinajstić information content (AvgIpc) is 3.21. The van der Waals surface area contributed by atoms with Gasteiger partial charge in [0.25, 0.3) is 11.6 Å². The molecule has 1 aromatic heterocycles. The maximum absolute atomic E-state index is 12.6. The predicted molar refractivity (Wildman–Crippen MR) is 91.9 cm³/mol. The van der Waals surface area contributed by atoms with Gasteiger partial charge in [0.05, 0.1) is 4.92 Å². The Morgan fingerprint density at radius 1 is 1.46 bits per heavy atom.